The van der Waals surface area contributed by atoms with Crippen molar-refractivity contribution >= 4 is 5.91 Å². The Kier molecular flexibility index (Phi) is 5.02. The number of H-pyrrole nitrogens is 1. The van der Waals surface area contributed by atoms with Gasteiger partial charge in [0.1, 0.15) is 11.4 Å². The van der Waals surface area contributed by atoms with E-state index >= 15 is 0 Å². The molecule has 0 aliphatic carbocycles. The smallest absolute Gasteiger partial charge is 0.269 e. The molecule has 6 rings (SSSR count). The molecule has 0 unspecified atom stereocenters. The lowest BCUT2D eigenvalue weighted by molar-refractivity contribution is 0.0923. The summed E-state index contributed by atoms with van der Waals surface area (Å²) < 4.78 is 7.51. The highest BCUT2D eigenvalue weighted by atomic mass is 16.5. The fraction of sp³-hybridized carbons (Fsp3) is 0.400. The average molecular weight is 446 g/mol. The lowest BCUT2D eigenvalue weighted by atomic mass is 9.83. The zero-order valence-electron chi connectivity index (χ0n) is 18.4. The normalized spacial score (nSPS) is 21.2. The second kappa shape index (κ2) is 8.19. The molecule has 5 heterocycles. The Morgan fingerprint density at radius 1 is 1.18 bits per heavy atom. The highest BCUT2D eigenvalue weighted by Gasteiger charge is 2.34. The topological polar surface area (TPSA) is 92.2 Å². The van der Waals surface area contributed by atoms with Crippen molar-refractivity contribution in [2.45, 2.75) is 25.3 Å². The van der Waals surface area contributed by atoms with Crippen LogP contribution < -0.4 is 15.6 Å². The number of carbonyl (C=O) groups excluding carboxylic acids is 1. The molecule has 3 aliphatic rings. The molecule has 3 aliphatic heterocycles. The number of ether oxygens (including phenoxy) is 1. The van der Waals surface area contributed by atoms with Gasteiger partial charge in [0.15, 0.2) is 0 Å². The minimum Gasteiger partial charge on any atom is -0.493 e. The summed E-state index contributed by atoms with van der Waals surface area (Å²) in [7, 11) is 0. The maximum atomic E-state index is 12.7. The Balaban J connectivity index is 1.05. The molecule has 2 atom stereocenters. The second-order valence-electron chi connectivity index (χ2n) is 9.30. The molecule has 170 valence electrons. The summed E-state index contributed by atoms with van der Waals surface area (Å²) in [5.41, 5.74) is 4.64. The van der Waals surface area contributed by atoms with Crippen molar-refractivity contribution in [1.29, 1.82) is 0 Å². The molecule has 1 amide bonds. The Bertz CT molecular complexity index is 1260. The molecule has 1 saturated heterocycles. The van der Waals surface area contributed by atoms with E-state index in [1.54, 1.807) is 12.1 Å². The zero-order valence-corrected chi connectivity index (χ0v) is 18.4. The van der Waals surface area contributed by atoms with Crippen molar-refractivity contribution in [3.05, 3.63) is 69.8 Å². The maximum Gasteiger partial charge on any atom is 0.269 e. The van der Waals surface area contributed by atoms with Crippen molar-refractivity contribution in [3.63, 3.8) is 0 Å². The van der Waals surface area contributed by atoms with Gasteiger partial charge in [0.2, 0.25) is 0 Å². The van der Waals surface area contributed by atoms with Gasteiger partial charge in [-0.25, -0.2) is 0 Å². The van der Waals surface area contributed by atoms with Crippen molar-refractivity contribution < 1.29 is 9.53 Å². The average Bonchev–Trinajstić information content (AvgIpc) is 3.49. The van der Waals surface area contributed by atoms with Crippen LogP contribution in [0.5, 0.6) is 5.75 Å². The Labute approximate surface area is 191 Å². The summed E-state index contributed by atoms with van der Waals surface area (Å²) in [5, 5.41) is 10.2. The van der Waals surface area contributed by atoms with Gasteiger partial charge >= 0.3 is 0 Å². The molecule has 1 fully saturated rings. The number of pyridine rings is 1. The summed E-state index contributed by atoms with van der Waals surface area (Å²) in [6, 6.07) is 13.4. The molecule has 1 aromatic carbocycles. The van der Waals surface area contributed by atoms with E-state index in [9.17, 15) is 9.59 Å². The first-order valence-corrected chi connectivity index (χ1v) is 11.7. The molecule has 2 aromatic heterocycles. The molecule has 8 nitrogen and oxygen atoms in total. The number of amides is 1. The van der Waals surface area contributed by atoms with Crippen LogP contribution in [0.25, 0.3) is 11.3 Å². The van der Waals surface area contributed by atoms with Crippen LogP contribution in [-0.2, 0) is 13.0 Å². The monoisotopic (exact) mass is 445 g/mol. The van der Waals surface area contributed by atoms with Crippen molar-refractivity contribution in [3.8, 4) is 17.0 Å². The van der Waals surface area contributed by atoms with Gasteiger partial charge in [-0.05, 0) is 48.2 Å². The van der Waals surface area contributed by atoms with Gasteiger partial charge in [0.25, 0.3) is 11.5 Å². The van der Waals surface area contributed by atoms with Gasteiger partial charge in [0.05, 0.1) is 12.3 Å². The number of hydrogen-bond acceptors (Lipinski definition) is 5. The minimum atomic E-state index is -0.146. The van der Waals surface area contributed by atoms with Crippen LogP contribution in [0, 0.1) is 5.92 Å². The Morgan fingerprint density at radius 3 is 3.06 bits per heavy atom. The van der Waals surface area contributed by atoms with Crippen LogP contribution in [0.4, 0.5) is 0 Å². The van der Waals surface area contributed by atoms with E-state index in [1.165, 1.54) is 5.56 Å². The van der Waals surface area contributed by atoms with E-state index in [2.05, 4.69) is 32.5 Å². The number of rotatable bonds is 5. The van der Waals surface area contributed by atoms with Crippen LogP contribution in [-0.4, -0.2) is 58.4 Å². The maximum absolute atomic E-state index is 12.7. The van der Waals surface area contributed by atoms with E-state index in [0.717, 1.165) is 68.3 Å². The number of aromatic nitrogens is 3. The highest BCUT2D eigenvalue weighted by Crippen LogP contribution is 2.34. The summed E-state index contributed by atoms with van der Waals surface area (Å²) in [4.78, 5) is 27.3. The minimum absolute atomic E-state index is 0.107. The van der Waals surface area contributed by atoms with Crippen LogP contribution in [0.15, 0.2) is 47.3 Å². The van der Waals surface area contributed by atoms with Crippen LogP contribution in [0.1, 0.15) is 34.1 Å². The number of fused-ring (bicyclic) bond motifs is 5. The third-order valence-electron chi connectivity index (χ3n) is 7.08. The Hall–Kier alpha value is -3.39. The van der Waals surface area contributed by atoms with E-state index in [1.807, 2.05) is 22.8 Å². The lowest BCUT2D eigenvalue weighted by Gasteiger charge is -2.42. The number of piperidine rings is 1. The van der Waals surface area contributed by atoms with E-state index in [4.69, 9.17) is 4.74 Å². The van der Waals surface area contributed by atoms with Crippen molar-refractivity contribution in [2.24, 2.45) is 5.92 Å². The number of nitrogens with one attached hydrogen (secondary N) is 2. The van der Waals surface area contributed by atoms with E-state index in [-0.39, 0.29) is 11.5 Å². The SMILES string of the molecule is O=C(NCCN1C[C@H]2C[C@@H](C1)c1cccc(=O)n1C2)c1cc(-c2ccc3c(c2)CCO3)n[nH]1. The van der Waals surface area contributed by atoms with Gasteiger partial charge < -0.3 is 19.5 Å². The summed E-state index contributed by atoms with van der Waals surface area (Å²) in [5.74, 6) is 1.66. The third-order valence-corrected chi connectivity index (χ3v) is 7.08. The number of carbonyl (C=O) groups is 1. The molecular weight excluding hydrogens is 418 g/mol. The fourth-order valence-electron chi connectivity index (χ4n) is 5.53. The van der Waals surface area contributed by atoms with E-state index in [0.29, 0.717) is 24.1 Å². The van der Waals surface area contributed by atoms with Crippen molar-refractivity contribution in [1.82, 2.24) is 25.0 Å². The largest absolute Gasteiger partial charge is 0.493 e. The van der Waals surface area contributed by atoms with Crippen LogP contribution in [0.3, 0.4) is 0 Å². The number of hydrogen-bond donors (Lipinski definition) is 2. The molecular formula is C25H27N5O3. The predicted octanol–water partition coefficient (Wildman–Crippen LogP) is 2.02. The number of aromatic amines is 1. The third kappa shape index (κ3) is 3.84. The van der Waals surface area contributed by atoms with E-state index < -0.39 is 0 Å². The number of benzene rings is 1. The van der Waals surface area contributed by atoms with Gasteiger partial charge in [-0.3, -0.25) is 14.7 Å². The quantitative estimate of drug-likeness (QED) is 0.627. The first-order valence-electron chi connectivity index (χ1n) is 11.7. The van der Waals surface area contributed by atoms with Gasteiger partial charge in [-0.1, -0.05) is 6.07 Å². The molecule has 0 spiro atoms. The van der Waals surface area contributed by atoms with Gasteiger partial charge in [0, 0.05) is 62.4 Å². The molecule has 2 N–H and O–H groups in total. The van der Waals surface area contributed by atoms with Gasteiger partial charge in [-0.15, -0.1) is 0 Å². The second-order valence-corrected chi connectivity index (χ2v) is 9.30. The zero-order chi connectivity index (χ0) is 22.4. The molecule has 0 saturated carbocycles. The fourth-order valence-corrected chi connectivity index (χ4v) is 5.53. The summed E-state index contributed by atoms with van der Waals surface area (Å²) in [6.07, 6.45) is 2.04. The van der Waals surface area contributed by atoms with Crippen LogP contribution in [0.2, 0.25) is 0 Å². The molecule has 3 aromatic rings. The molecule has 2 bridgehead atoms. The van der Waals surface area contributed by atoms with Crippen LogP contribution >= 0.6 is 0 Å². The van der Waals surface area contributed by atoms with Gasteiger partial charge in [-0.2, -0.15) is 5.10 Å². The Morgan fingerprint density at radius 2 is 2.12 bits per heavy atom. The first kappa shape index (κ1) is 20.2. The molecule has 33 heavy (non-hydrogen) atoms. The first-order chi connectivity index (χ1) is 16.1. The number of nitrogens with zero attached hydrogens (tertiary/aromatic N) is 3. The predicted molar refractivity (Wildman–Crippen MR) is 124 cm³/mol. The van der Waals surface area contributed by atoms with Crippen molar-refractivity contribution in [2.75, 3.05) is 32.8 Å². The molecule has 8 heteroatoms. The molecule has 0 radical (unpaired) electrons. The number of likely N-dealkylation sites (tertiary alicyclic amines) is 1. The summed E-state index contributed by atoms with van der Waals surface area (Å²) >= 11 is 0. The standard InChI is InChI=1S/C25H27N5O3/c31-24-3-1-2-22-19-10-16(14-30(22)24)13-29(15-19)8-7-26-25(32)21-12-20(27-28-21)17-4-5-23-18(11-17)6-9-33-23/h1-5,11-12,16,19H,6-10,13-15H2,(H,26,32)(H,27,28)/t16-,19+/m1/s1. The highest BCUT2D eigenvalue weighted by molar-refractivity contribution is 5.93. The lowest BCUT2D eigenvalue weighted by Crippen LogP contribution is -2.48. The summed E-state index contributed by atoms with van der Waals surface area (Å²) in [6.45, 7) is 4.76.